The molecule has 2 nitrogen and oxygen atoms in total. The quantitative estimate of drug-likeness (QED) is 0.554. The van der Waals surface area contributed by atoms with E-state index in [9.17, 15) is 4.79 Å². The van der Waals surface area contributed by atoms with Crippen molar-refractivity contribution < 1.29 is 9.53 Å². The molecule has 2 heteroatoms. The second kappa shape index (κ2) is 2.34. The molecular formula is C12H18O2. The van der Waals surface area contributed by atoms with Crippen LogP contribution in [-0.2, 0) is 9.53 Å². The molecule has 0 unspecified atom stereocenters. The van der Waals surface area contributed by atoms with Crippen molar-refractivity contribution in [3.05, 3.63) is 0 Å². The summed E-state index contributed by atoms with van der Waals surface area (Å²) in [5, 5.41) is 0. The third-order valence-electron chi connectivity index (χ3n) is 4.52. The Balaban J connectivity index is 1.97. The van der Waals surface area contributed by atoms with Gasteiger partial charge in [-0.25, -0.2) is 0 Å². The van der Waals surface area contributed by atoms with Crippen LogP contribution in [0.25, 0.3) is 0 Å². The average Bonchev–Trinajstić information content (AvgIpc) is 2.53. The molecule has 3 fully saturated rings. The first kappa shape index (κ1) is 8.75. The minimum absolute atomic E-state index is 0.0272. The normalized spacial score (nSPS) is 48.9. The lowest BCUT2D eigenvalue weighted by Gasteiger charge is -2.28. The van der Waals surface area contributed by atoms with E-state index in [0.29, 0.717) is 23.7 Å². The van der Waals surface area contributed by atoms with Crippen LogP contribution in [0, 0.1) is 17.3 Å². The van der Waals surface area contributed by atoms with Crippen LogP contribution in [0.2, 0.25) is 0 Å². The lowest BCUT2D eigenvalue weighted by Crippen LogP contribution is -2.34. The average molecular weight is 194 g/mol. The molecule has 2 saturated carbocycles. The van der Waals surface area contributed by atoms with Gasteiger partial charge in [-0.3, -0.25) is 4.79 Å². The Kier molecular flexibility index (Phi) is 1.46. The van der Waals surface area contributed by atoms with Gasteiger partial charge in [-0.2, -0.15) is 0 Å². The molecule has 3 rings (SSSR count). The van der Waals surface area contributed by atoms with E-state index in [0.717, 1.165) is 6.42 Å². The van der Waals surface area contributed by atoms with Gasteiger partial charge in [-0.15, -0.1) is 0 Å². The molecule has 1 spiro atoms. The Morgan fingerprint density at radius 2 is 2.00 bits per heavy atom. The van der Waals surface area contributed by atoms with E-state index in [1.807, 2.05) is 0 Å². The molecule has 0 radical (unpaired) electrons. The van der Waals surface area contributed by atoms with Crippen molar-refractivity contribution in [3.8, 4) is 0 Å². The van der Waals surface area contributed by atoms with E-state index in [-0.39, 0.29) is 11.6 Å². The van der Waals surface area contributed by atoms with Crippen molar-refractivity contribution in [2.24, 2.45) is 17.3 Å². The largest absolute Gasteiger partial charge is 0.458 e. The highest BCUT2D eigenvalue weighted by Gasteiger charge is 2.63. The first-order chi connectivity index (χ1) is 6.52. The highest BCUT2D eigenvalue weighted by molar-refractivity contribution is 5.73. The molecule has 78 valence electrons. The summed E-state index contributed by atoms with van der Waals surface area (Å²) in [6.45, 7) is 4.62. The summed E-state index contributed by atoms with van der Waals surface area (Å²) in [5.41, 5.74) is 0.356. The molecule has 0 bridgehead atoms. The third-order valence-corrected chi connectivity index (χ3v) is 4.52. The summed E-state index contributed by atoms with van der Waals surface area (Å²) in [6.07, 6.45) is 5.53. The van der Waals surface area contributed by atoms with Crippen LogP contribution in [0.3, 0.4) is 0 Å². The highest BCUT2D eigenvalue weighted by Crippen LogP contribution is 2.62. The van der Waals surface area contributed by atoms with Crippen molar-refractivity contribution in [2.45, 2.75) is 51.6 Å². The van der Waals surface area contributed by atoms with Crippen LogP contribution in [-0.4, -0.2) is 11.6 Å². The predicted octanol–water partition coefficient (Wildman–Crippen LogP) is 2.52. The zero-order valence-electron chi connectivity index (χ0n) is 9.01. The minimum atomic E-state index is -0.0272. The molecule has 0 amide bonds. The Morgan fingerprint density at radius 3 is 2.79 bits per heavy atom. The van der Waals surface area contributed by atoms with Gasteiger partial charge in [0.25, 0.3) is 0 Å². The zero-order chi connectivity index (χ0) is 9.97. The molecule has 1 heterocycles. The van der Waals surface area contributed by atoms with Crippen LogP contribution in [0.4, 0.5) is 0 Å². The maximum absolute atomic E-state index is 11.4. The molecule has 2 aliphatic carbocycles. The van der Waals surface area contributed by atoms with Gasteiger partial charge in [-0.1, -0.05) is 13.8 Å². The number of hydrogen-bond acceptors (Lipinski definition) is 2. The van der Waals surface area contributed by atoms with E-state index < -0.39 is 0 Å². The fraction of sp³-hybridized carbons (Fsp3) is 0.917. The minimum Gasteiger partial charge on any atom is -0.458 e. The van der Waals surface area contributed by atoms with E-state index in [2.05, 4.69) is 13.8 Å². The van der Waals surface area contributed by atoms with E-state index >= 15 is 0 Å². The van der Waals surface area contributed by atoms with Gasteiger partial charge in [0.1, 0.15) is 5.60 Å². The number of esters is 1. The summed E-state index contributed by atoms with van der Waals surface area (Å²) in [7, 11) is 0. The Labute approximate surface area is 85.0 Å². The standard InChI is InChI=1S/C12H18O2/c1-11(2)6-9-4-3-8-5-10(13)14-12(8,9)7-11/h8-9H,3-7H2,1-2H3/t8-,9-,12+/m0/s1. The van der Waals surface area contributed by atoms with Gasteiger partial charge in [0.15, 0.2) is 0 Å². The number of carbonyl (C=O) groups is 1. The number of rotatable bonds is 0. The highest BCUT2D eigenvalue weighted by atomic mass is 16.6. The van der Waals surface area contributed by atoms with Crippen LogP contribution in [0.15, 0.2) is 0 Å². The summed E-state index contributed by atoms with van der Waals surface area (Å²) in [6, 6.07) is 0. The monoisotopic (exact) mass is 194 g/mol. The molecule has 3 aliphatic rings. The first-order valence-corrected chi connectivity index (χ1v) is 5.74. The van der Waals surface area contributed by atoms with Gasteiger partial charge in [0, 0.05) is 5.92 Å². The summed E-state index contributed by atoms with van der Waals surface area (Å²) >= 11 is 0. The molecule has 0 aromatic heterocycles. The summed E-state index contributed by atoms with van der Waals surface area (Å²) < 4.78 is 5.69. The molecule has 0 aromatic carbocycles. The molecule has 0 N–H and O–H groups in total. The van der Waals surface area contributed by atoms with Gasteiger partial charge >= 0.3 is 5.97 Å². The van der Waals surface area contributed by atoms with Crippen LogP contribution >= 0.6 is 0 Å². The lowest BCUT2D eigenvalue weighted by atomic mass is 9.83. The smallest absolute Gasteiger partial charge is 0.306 e. The predicted molar refractivity (Wildman–Crippen MR) is 52.7 cm³/mol. The Bertz CT molecular complexity index is 295. The summed E-state index contributed by atoms with van der Waals surface area (Å²) in [4.78, 5) is 11.4. The maximum atomic E-state index is 11.4. The van der Waals surface area contributed by atoms with Crippen molar-refractivity contribution in [2.75, 3.05) is 0 Å². The summed E-state index contributed by atoms with van der Waals surface area (Å²) in [5.74, 6) is 1.26. The van der Waals surface area contributed by atoms with Crippen molar-refractivity contribution >= 4 is 5.97 Å². The molecular weight excluding hydrogens is 176 g/mol. The van der Waals surface area contributed by atoms with Crippen LogP contribution in [0.1, 0.15) is 46.0 Å². The van der Waals surface area contributed by atoms with Crippen molar-refractivity contribution in [3.63, 3.8) is 0 Å². The van der Waals surface area contributed by atoms with Crippen molar-refractivity contribution in [1.82, 2.24) is 0 Å². The van der Waals surface area contributed by atoms with Gasteiger partial charge in [0.2, 0.25) is 0 Å². The third kappa shape index (κ3) is 0.945. The number of carbonyl (C=O) groups excluding carboxylic acids is 1. The molecule has 3 atom stereocenters. The van der Waals surface area contributed by atoms with Crippen LogP contribution < -0.4 is 0 Å². The zero-order valence-corrected chi connectivity index (χ0v) is 9.01. The fourth-order valence-electron chi connectivity index (χ4n) is 4.21. The Hall–Kier alpha value is -0.530. The second-order valence-electron chi connectivity index (χ2n) is 6.15. The number of hydrogen-bond donors (Lipinski definition) is 0. The van der Waals surface area contributed by atoms with Gasteiger partial charge < -0.3 is 4.74 Å². The molecule has 1 aliphatic heterocycles. The topological polar surface area (TPSA) is 26.3 Å². The molecule has 0 aromatic rings. The molecule has 1 saturated heterocycles. The second-order valence-corrected chi connectivity index (χ2v) is 6.15. The Morgan fingerprint density at radius 1 is 1.29 bits per heavy atom. The van der Waals surface area contributed by atoms with Crippen LogP contribution in [0.5, 0.6) is 0 Å². The maximum Gasteiger partial charge on any atom is 0.306 e. The lowest BCUT2D eigenvalue weighted by molar-refractivity contribution is -0.151. The fourth-order valence-corrected chi connectivity index (χ4v) is 4.21. The SMILES string of the molecule is CC1(C)C[C@@H]2CC[C@H]3CC(=O)O[C@]32C1. The van der Waals surface area contributed by atoms with E-state index in [1.165, 1.54) is 19.3 Å². The van der Waals surface area contributed by atoms with Gasteiger partial charge in [0.05, 0.1) is 6.42 Å². The number of ether oxygens (including phenoxy) is 1. The van der Waals surface area contributed by atoms with Gasteiger partial charge in [-0.05, 0) is 37.0 Å². The van der Waals surface area contributed by atoms with Crippen molar-refractivity contribution in [1.29, 1.82) is 0 Å². The first-order valence-electron chi connectivity index (χ1n) is 5.74. The van der Waals surface area contributed by atoms with E-state index in [1.54, 1.807) is 0 Å². The van der Waals surface area contributed by atoms with E-state index in [4.69, 9.17) is 4.74 Å². The molecule has 14 heavy (non-hydrogen) atoms.